The Hall–Kier alpha value is -4.95. The number of nitrogens with two attached hydrogens (primary N) is 2. The molecule has 1 heterocycles. The lowest BCUT2D eigenvalue weighted by Crippen LogP contribution is -2.47. The molecule has 0 saturated heterocycles. The first kappa shape index (κ1) is 32.3. The molecule has 0 fully saturated rings. The number of hydrogen-bond donors (Lipinski definition) is 6. The van der Waals surface area contributed by atoms with Crippen molar-refractivity contribution in [2.75, 3.05) is 25.0 Å². The number of nitrogens with zero attached hydrogens (tertiary/aromatic N) is 1. The summed E-state index contributed by atoms with van der Waals surface area (Å²) >= 11 is 0. The maximum atomic E-state index is 12.9. The molecule has 1 atom stereocenters. The van der Waals surface area contributed by atoms with Gasteiger partial charge in [-0.2, -0.15) is 0 Å². The molecule has 1 aliphatic rings. The number of ether oxygens (including phenoxy) is 1. The fraction of sp³-hybridized carbons (Fsp3) is 0.423. The van der Waals surface area contributed by atoms with Gasteiger partial charge in [-0.15, -0.1) is 0 Å². The predicted octanol–water partition coefficient (Wildman–Crippen LogP) is -0.245. The second-order valence-corrected chi connectivity index (χ2v) is 9.10. The normalized spacial score (nSPS) is 12.9. The summed E-state index contributed by atoms with van der Waals surface area (Å²) in [5, 5.41) is 10.2. The highest BCUT2D eigenvalue weighted by Crippen LogP contribution is 2.12. The Morgan fingerprint density at radius 3 is 2.17 bits per heavy atom. The van der Waals surface area contributed by atoms with Gasteiger partial charge in [0.25, 0.3) is 11.8 Å². The van der Waals surface area contributed by atoms with Crippen molar-refractivity contribution in [1.82, 2.24) is 20.9 Å². The number of unbranched alkanes of at least 4 members (excludes halogenated alkanes) is 2. The van der Waals surface area contributed by atoms with Crippen molar-refractivity contribution < 1.29 is 38.3 Å². The van der Waals surface area contributed by atoms with Crippen LogP contribution in [0.1, 0.15) is 44.1 Å². The average Bonchev–Trinajstić information content (AvgIpc) is 3.25. The molecule has 8 N–H and O–H groups in total. The summed E-state index contributed by atoms with van der Waals surface area (Å²) in [5.41, 5.74) is 11.1. The molecule has 15 heteroatoms. The number of carbonyl (C=O) groups excluding carboxylic acids is 7. The molecule has 1 aromatic carbocycles. The van der Waals surface area contributed by atoms with Gasteiger partial charge in [-0.1, -0.05) is 18.6 Å². The van der Waals surface area contributed by atoms with Crippen LogP contribution < -0.4 is 32.7 Å². The smallest absolute Gasteiger partial charge is 0.404 e. The van der Waals surface area contributed by atoms with Crippen LogP contribution in [0.3, 0.4) is 0 Å². The number of hydrogen-bond acceptors (Lipinski definition) is 8. The molecule has 8 amide bonds. The highest BCUT2D eigenvalue weighted by atomic mass is 16.5. The summed E-state index contributed by atoms with van der Waals surface area (Å²) in [6, 6.07) is 4.74. The number of anilines is 1. The summed E-state index contributed by atoms with van der Waals surface area (Å²) < 4.78 is 4.71. The number of imide groups is 1. The van der Waals surface area contributed by atoms with Gasteiger partial charge in [0.15, 0.2) is 0 Å². The topological polar surface area (TPSA) is 232 Å². The van der Waals surface area contributed by atoms with E-state index in [-0.39, 0.29) is 56.8 Å². The Labute approximate surface area is 236 Å². The zero-order valence-electron chi connectivity index (χ0n) is 22.5. The lowest BCUT2D eigenvalue weighted by atomic mass is 10.1. The van der Waals surface area contributed by atoms with E-state index in [9.17, 15) is 33.6 Å². The summed E-state index contributed by atoms with van der Waals surface area (Å²) in [4.78, 5) is 83.3. The summed E-state index contributed by atoms with van der Waals surface area (Å²) in [6.45, 7) is 0.0934. The van der Waals surface area contributed by atoms with Crippen LogP contribution >= 0.6 is 0 Å². The van der Waals surface area contributed by atoms with E-state index in [1.165, 1.54) is 12.2 Å². The van der Waals surface area contributed by atoms with Gasteiger partial charge in [0.2, 0.25) is 17.7 Å². The van der Waals surface area contributed by atoms with Gasteiger partial charge in [-0.05, 0) is 43.4 Å². The van der Waals surface area contributed by atoms with E-state index in [0.717, 1.165) is 4.90 Å². The molecule has 0 bridgehead atoms. The van der Waals surface area contributed by atoms with Crippen molar-refractivity contribution in [2.45, 2.75) is 51.2 Å². The first-order valence-electron chi connectivity index (χ1n) is 13.0. The number of carbonyl (C=O) groups is 7. The Kier molecular flexibility index (Phi) is 13.3. The van der Waals surface area contributed by atoms with E-state index < -0.39 is 30.0 Å². The van der Waals surface area contributed by atoms with E-state index >= 15 is 0 Å². The van der Waals surface area contributed by atoms with Gasteiger partial charge in [-0.25, -0.2) is 9.59 Å². The lowest BCUT2D eigenvalue weighted by molar-refractivity contribution is -0.137. The van der Waals surface area contributed by atoms with Gasteiger partial charge in [0, 0.05) is 37.3 Å². The van der Waals surface area contributed by atoms with Crippen molar-refractivity contribution >= 4 is 47.3 Å². The molecule has 1 aliphatic heterocycles. The fourth-order valence-electron chi connectivity index (χ4n) is 3.75. The second kappa shape index (κ2) is 16.9. The van der Waals surface area contributed by atoms with Crippen LogP contribution in [-0.4, -0.2) is 72.2 Å². The van der Waals surface area contributed by atoms with E-state index in [1.807, 2.05) is 0 Å². The zero-order valence-corrected chi connectivity index (χ0v) is 22.5. The van der Waals surface area contributed by atoms with Crippen LogP contribution in [0.15, 0.2) is 36.4 Å². The lowest BCUT2D eigenvalue weighted by Gasteiger charge is -2.19. The molecule has 41 heavy (non-hydrogen) atoms. The van der Waals surface area contributed by atoms with Crippen molar-refractivity contribution in [1.29, 1.82) is 0 Å². The highest BCUT2D eigenvalue weighted by molar-refractivity contribution is 6.12. The number of urea groups is 1. The van der Waals surface area contributed by atoms with Crippen LogP contribution in [0.2, 0.25) is 0 Å². The SMILES string of the molecule is NC(=O)NCCCC(NC(=O)CNC(=O)CCCCCN1C(=O)C=CC1=O)C(=O)Nc1ccc(COC(N)=O)cc1. The van der Waals surface area contributed by atoms with Crippen molar-refractivity contribution in [3.05, 3.63) is 42.0 Å². The van der Waals surface area contributed by atoms with Gasteiger partial charge >= 0.3 is 12.1 Å². The average molecular weight is 574 g/mol. The first-order chi connectivity index (χ1) is 19.5. The maximum absolute atomic E-state index is 12.9. The second-order valence-electron chi connectivity index (χ2n) is 9.10. The molecule has 222 valence electrons. The molecular weight excluding hydrogens is 538 g/mol. The van der Waals surface area contributed by atoms with Crippen LogP contribution in [-0.2, 0) is 35.3 Å². The standard InChI is InChI=1S/C26H35N7O8/c27-25(39)29-13-4-5-19(24(38)31-18-9-7-17(8-10-18)16-41-26(28)40)32-21(35)15-30-20(34)6-2-1-3-14-33-22(36)11-12-23(33)37/h7-12,19H,1-6,13-16H2,(H2,28,40)(H,30,34)(H,31,38)(H,32,35)(H3,27,29,39). The van der Waals surface area contributed by atoms with Crippen molar-refractivity contribution in [2.24, 2.45) is 11.5 Å². The highest BCUT2D eigenvalue weighted by Gasteiger charge is 2.23. The monoisotopic (exact) mass is 573 g/mol. The van der Waals surface area contributed by atoms with E-state index in [4.69, 9.17) is 16.2 Å². The molecule has 0 aromatic heterocycles. The molecule has 1 unspecified atom stereocenters. The Morgan fingerprint density at radius 2 is 1.54 bits per heavy atom. The molecule has 2 rings (SSSR count). The maximum Gasteiger partial charge on any atom is 0.404 e. The van der Waals surface area contributed by atoms with Gasteiger partial charge in [-0.3, -0.25) is 28.9 Å². The molecule has 0 saturated carbocycles. The summed E-state index contributed by atoms with van der Waals surface area (Å²) in [7, 11) is 0. The van der Waals surface area contributed by atoms with Gasteiger partial charge < -0.3 is 37.5 Å². The third-order valence-electron chi connectivity index (χ3n) is 5.86. The third kappa shape index (κ3) is 12.6. The van der Waals surface area contributed by atoms with Crippen LogP contribution in [0.5, 0.6) is 0 Å². The van der Waals surface area contributed by atoms with E-state index in [1.54, 1.807) is 24.3 Å². The molecule has 15 nitrogen and oxygen atoms in total. The summed E-state index contributed by atoms with van der Waals surface area (Å²) in [5.74, 6) is -2.16. The Bertz CT molecular complexity index is 1130. The zero-order chi connectivity index (χ0) is 30.2. The third-order valence-corrected chi connectivity index (χ3v) is 5.86. The van der Waals surface area contributed by atoms with Crippen LogP contribution in [0, 0.1) is 0 Å². The molecule has 1 aromatic rings. The molecule has 0 spiro atoms. The van der Waals surface area contributed by atoms with Crippen molar-refractivity contribution in [3.63, 3.8) is 0 Å². The van der Waals surface area contributed by atoms with Crippen LogP contribution in [0.4, 0.5) is 15.3 Å². The minimum atomic E-state index is -0.975. The number of rotatable bonds is 17. The summed E-state index contributed by atoms with van der Waals surface area (Å²) in [6.07, 6.45) is 3.85. The number of benzene rings is 1. The molecular formula is C26H35N7O8. The van der Waals surface area contributed by atoms with E-state index in [2.05, 4.69) is 21.3 Å². The number of amides is 8. The van der Waals surface area contributed by atoms with Gasteiger partial charge in [0.05, 0.1) is 6.54 Å². The number of nitrogens with one attached hydrogen (secondary N) is 4. The largest absolute Gasteiger partial charge is 0.445 e. The predicted molar refractivity (Wildman–Crippen MR) is 146 cm³/mol. The minimum Gasteiger partial charge on any atom is -0.445 e. The Balaban J connectivity index is 1.78. The minimum absolute atomic E-state index is 0.0286. The van der Waals surface area contributed by atoms with E-state index in [0.29, 0.717) is 36.9 Å². The Morgan fingerprint density at radius 1 is 0.854 bits per heavy atom. The quantitative estimate of drug-likeness (QED) is 0.107. The van der Waals surface area contributed by atoms with Crippen LogP contribution in [0.25, 0.3) is 0 Å². The first-order valence-corrected chi connectivity index (χ1v) is 13.0. The van der Waals surface area contributed by atoms with Gasteiger partial charge in [0.1, 0.15) is 12.6 Å². The fourth-order valence-corrected chi connectivity index (χ4v) is 3.75. The number of primary amides is 2. The molecule has 0 aliphatic carbocycles. The van der Waals surface area contributed by atoms with Crippen molar-refractivity contribution in [3.8, 4) is 0 Å². The molecule has 0 radical (unpaired) electrons.